The number of nitrogens with one attached hydrogen (secondary N) is 1. The smallest absolute Gasteiger partial charge is 0.104 e. The quantitative estimate of drug-likeness (QED) is 0.146. The zero-order chi connectivity index (χ0) is 25.8. The van der Waals surface area contributed by atoms with Gasteiger partial charge in [0.05, 0.1) is 5.88 Å². The maximum absolute atomic E-state index is 4.74. The lowest BCUT2D eigenvalue weighted by Gasteiger charge is -2.27. The Bertz CT molecular complexity index is 1120. The minimum absolute atomic E-state index is 0.819. The molecule has 4 heteroatoms. The normalized spacial score (nSPS) is 11.4. The Morgan fingerprint density at radius 1 is 0.889 bits per heavy atom. The van der Waals surface area contributed by atoms with Gasteiger partial charge in [0.15, 0.2) is 0 Å². The van der Waals surface area contributed by atoms with Crippen molar-refractivity contribution >= 4 is 23.3 Å². The van der Waals surface area contributed by atoms with Crippen LogP contribution in [0.15, 0.2) is 90.1 Å². The second-order valence-electron chi connectivity index (χ2n) is 9.35. The van der Waals surface area contributed by atoms with E-state index in [-0.39, 0.29) is 0 Å². The molecule has 36 heavy (non-hydrogen) atoms. The monoisotopic (exact) mass is 499 g/mol. The van der Waals surface area contributed by atoms with Crippen LogP contribution in [-0.4, -0.2) is 18.8 Å². The molecule has 190 valence electrons. The van der Waals surface area contributed by atoms with Gasteiger partial charge in [0, 0.05) is 37.2 Å². The van der Waals surface area contributed by atoms with Crippen LogP contribution in [0.4, 0.5) is 5.69 Å². The standard InChI is InChI=1S/C32H41N3S/c1-6-28-10-8-11-31(21-28)35(24-36-23-30-19-15-26(3)16-20-30)32(33-5)12-7-9-27(4)34-22-29-17-13-25(2)14-18-29/h8,10-11,13-21,34H,4,6-7,9,12,22-24H2,1-3,5H3. The Morgan fingerprint density at radius 3 is 2.19 bits per heavy atom. The molecule has 0 saturated carbocycles. The Morgan fingerprint density at radius 2 is 1.56 bits per heavy atom. The van der Waals surface area contributed by atoms with Crippen LogP contribution in [0.5, 0.6) is 0 Å². The molecule has 0 radical (unpaired) electrons. The average Bonchev–Trinajstić information content (AvgIpc) is 2.90. The van der Waals surface area contributed by atoms with Crippen LogP contribution in [0, 0.1) is 13.8 Å². The molecule has 0 amide bonds. The van der Waals surface area contributed by atoms with Crippen molar-refractivity contribution in [1.29, 1.82) is 0 Å². The highest BCUT2D eigenvalue weighted by atomic mass is 32.2. The van der Waals surface area contributed by atoms with Crippen LogP contribution in [0.3, 0.4) is 0 Å². The first-order valence-corrected chi connectivity index (χ1v) is 14.1. The summed E-state index contributed by atoms with van der Waals surface area (Å²) in [4.78, 5) is 7.12. The predicted octanol–water partition coefficient (Wildman–Crippen LogP) is 8.07. The van der Waals surface area contributed by atoms with Crippen molar-refractivity contribution in [3.63, 3.8) is 0 Å². The summed E-state index contributed by atoms with van der Waals surface area (Å²) in [6.45, 7) is 11.5. The average molecular weight is 500 g/mol. The molecule has 1 N–H and O–H groups in total. The largest absolute Gasteiger partial charge is 0.385 e. The molecular formula is C32H41N3S. The summed E-state index contributed by atoms with van der Waals surface area (Å²) < 4.78 is 0. The molecule has 0 aliphatic heterocycles. The fraction of sp³-hybridized carbons (Fsp3) is 0.344. The van der Waals surface area contributed by atoms with Gasteiger partial charge < -0.3 is 10.2 Å². The third-order valence-electron chi connectivity index (χ3n) is 6.35. The zero-order valence-electron chi connectivity index (χ0n) is 22.4. The number of hydrogen-bond acceptors (Lipinski definition) is 3. The molecule has 3 aromatic rings. The number of rotatable bonds is 13. The highest BCUT2D eigenvalue weighted by Crippen LogP contribution is 2.24. The van der Waals surface area contributed by atoms with Gasteiger partial charge in [-0.25, -0.2) is 0 Å². The molecule has 0 atom stereocenters. The molecule has 0 bridgehead atoms. The number of allylic oxidation sites excluding steroid dienone is 1. The summed E-state index contributed by atoms with van der Waals surface area (Å²) in [5.41, 5.74) is 8.89. The highest BCUT2D eigenvalue weighted by Gasteiger charge is 2.14. The van der Waals surface area contributed by atoms with Gasteiger partial charge in [0.1, 0.15) is 5.84 Å². The number of aliphatic imine (C=N–C) groups is 1. The van der Waals surface area contributed by atoms with Gasteiger partial charge in [0.25, 0.3) is 0 Å². The van der Waals surface area contributed by atoms with E-state index in [9.17, 15) is 0 Å². The van der Waals surface area contributed by atoms with Gasteiger partial charge >= 0.3 is 0 Å². The van der Waals surface area contributed by atoms with Gasteiger partial charge in [-0.1, -0.05) is 85.3 Å². The number of benzene rings is 3. The van der Waals surface area contributed by atoms with E-state index in [1.807, 2.05) is 18.8 Å². The van der Waals surface area contributed by atoms with Gasteiger partial charge in [-0.05, 0) is 61.9 Å². The van der Waals surface area contributed by atoms with Crippen molar-refractivity contribution < 1.29 is 0 Å². The van der Waals surface area contributed by atoms with E-state index in [4.69, 9.17) is 4.99 Å². The lowest BCUT2D eigenvalue weighted by molar-refractivity contribution is 0.724. The fourth-order valence-electron chi connectivity index (χ4n) is 4.03. The minimum Gasteiger partial charge on any atom is -0.385 e. The topological polar surface area (TPSA) is 27.6 Å². The lowest BCUT2D eigenvalue weighted by atomic mass is 10.1. The van der Waals surface area contributed by atoms with Gasteiger partial charge in [-0.3, -0.25) is 4.99 Å². The van der Waals surface area contributed by atoms with Gasteiger partial charge in [-0.15, -0.1) is 11.8 Å². The Labute approximate surface area is 222 Å². The zero-order valence-corrected chi connectivity index (χ0v) is 23.2. The Balaban J connectivity index is 1.58. The molecule has 0 spiro atoms. The summed E-state index contributed by atoms with van der Waals surface area (Å²) in [6.07, 6.45) is 3.90. The van der Waals surface area contributed by atoms with Crippen LogP contribution in [0.2, 0.25) is 0 Å². The minimum atomic E-state index is 0.819. The molecule has 3 aromatic carbocycles. The lowest BCUT2D eigenvalue weighted by Crippen LogP contribution is -2.31. The second-order valence-corrected chi connectivity index (χ2v) is 10.3. The summed E-state index contributed by atoms with van der Waals surface area (Å²) in [5.74, 6) is 2.99. The van der Waals surface area contributed by atoms with Crippen molar-refractivity contribution in [2.75, 3.05) is 17.8 Å². The first kappa shape index (κ1) is 27.6. The molecule has 0 aliphatic carbocycles. The third kappa shape index (κ3) is 8.91. The number of thioether (sulfide) groups is 1. The SMILES string of the molecule is C=C(CCCC(=NC)N(CSCc1ccc(C)cc1)c1cccc(CC)c1)NCc1ccc(C)cc1. The van der Waals surface area contributed by atoms with E-state index in [2.05, 4.69) is 110 Å². The number of amidine groups is 1. The van der Waals surface area contributed by atoms with E-state index < -0.39 is 0 Å². The predicted molar refractivity (Wildman–Crippen MR) is 160 cm³/mol. The van der Waals surface area contributed by atoms with Crippen molar-refractivity contribution in [2.24, 2.45) is 4.99 Å². The summed E-state index contributed by atoms with van der Waals surface area (Å²) in [7, 11) is 1.92. The third-order valence-corrected chi connectivity index (χ3v) is 7.33. The number of nitrogens with zero attached hydrogens (tertiary/aromatic N) is 2. The van der Waals surface area contributed by atoms with Crippen LogP contribution in [0.1, 0.15) is 54.0 Å². The van der Waals surface area contributed by atoms with E-state index in [1.54, 1.807) is 0 Å². The molecule has 0 fully saturated rings. The van der Waals surface area contributed by atoms with Crippen molar-refractivity contribution in [2.45, 2.75) is 58.8 Å². The van der Waals surface area contributed by atoms with Crippen molar-refractivity contribution in [3.8, 4) is 0 Å². The van der Waals surface area contributed by atoms with E-state index in [0.29, 0.717) is 0 Å². The molecule has 3 nitrogen and oxygen atoms in total. The molecule has 0 aromatic heterocycles. The van der Waals surface area contributed by atoms with Gasteiger partial charge in [0.2, 0.25) is 0 Å². The fourth-order valence-corrected chi connectivity index (χ4v) is 5.03. The van der Waals surface area contributed by atoms with Crippen molar-refractivity contribution in [1.82, 2.24) is 5.32 Å². The summed E-state index contributed by atoms with van der Waals surface area (Å²) in [6, 6.07) is 26.4. The molecule has 0 saturated heterocycles. The van der Waals surface area contributed by atoms with E-state index in [1.165, 1.54) is 33.5 Å². The number of aryl methyl sites for hydroxylation is 3. The molecule has 0 aliphatic rings. The van der Waals surface area contributed by atoms with Crippen LogP contribution in [-0.2, 0) is 18.7 Å². The van der Waals surface area contributed by atoms with Gasteiger partial charge in [-0.2, -0.15) is 0 Å². The van der Waals surface area contributed by atoms with Crippen LogP contribution >= 0.6 is 11.8 Å². The Kier molecular flexibility index (Phi) is 11.2. The van der Waals surface area contributed by atoms with Crippen LogP contribution < -0.4 is 10.2 Å². The number of hydrogen-bond donors (Lipinski definition) is 1. The van der Waals surface area contributed by atoms with Crippen LogP contribution in [0.25, 0.3) is 0 Å². The van der Waals surface area contributed by atoms with E-state index >= 15 is 0 Å². The van der Waals surface area contributed by atoms with E-state index in [0.717, 1.165) is 55.4 Å². The molecule has 0 heterocycles. The maximum Gasteiger partial charge on any atom is 0.104 e. The Hall–Kier alpha value is -2.98. The van der Waals surface area contributed by atoms with Crippen molar-refractivity contribution in [3.05, 3.63) is 113 Å². The molecule has 0 unspecified atom stereocenters. The second kappa shape index (κ2) is 14.5. The summed E-state index contributed by atoms with van der Waals surface area (Å²) in [5, 5.41) is 3.49. The maximum atomic E-state index is 4.74. The first-order chi connectivity index (χ1) is 17.5. The molecule has 3 rings (SSSR count). The summed E-state index contributed by atoms with van der Waals surface area (Å²) >= 11 is 1.93. The highest BCUT2D eigenvalue weighted by molar-refractivity contribution is 7.98. The first-order valence-electron chi connectivity index (χ1n) is 12.9. The molecular weight excluding hydrogens is 458 g/mol. The number of anilines is 1.